The Kier molecular flexibility index (Phi) is 19.8. The van der Waals surface area contributed by atoms with Gasteiger partial charge in [0, 0.05) is 32.5 Å². The number of hydrogen-bond donors (Lipinski definition) is 1. The molecule has 0 amide bonds. The van der Waals surface area contributed by atoms with Crippen LogP contribution in [0.3, 0.4) is 0 Å². The summed E-state index contributed by atoms with van der Waals surface area (Å²) in [6.07, 6.45) is 11.0. The molecule has 1 unspecified atom stereocenters. The van der Waals surface area contributed by atoms with Crippen molar-refractivity contribution in [3.63, 3.8) is 0 Å². The van der Waals surface area contributed by atoms with Gasteiger partial charge in [-0.2, -0.15) is 0 Å². The van der Waals surface area contributed by atoms with E-state index in [1.807, 2.05) is 0 Å². The molecule has 0 spiro atoms. The molecule has 0 aromatic carbocycles. The molecule has 0 aromatic heterocycles. The monoisotopic (exact) mass is 402 g/mol. The second-order valence-corrected chi connectivity index (χ2v) is 7.31. The molecule has 0 aliphatic carbocycles. The lowest BCUT2D eigenvalue weighted by Crippen LogP contribution is -2.25. The minimum atomic E-state index is -0.834. The summed E-state index contributed by atoms with van der Waals surface area (Å²) in [7, 11) is 0. The van der Waals surface area contributed by atoms with Gasteiger partial charge in [-0.05, 0) is 25.7 Å². The molecule has 166 valence electrons. The molecule has 6 nitrogen and oxygen atoms in total. The van der Waals surface area contributed by atoms with E-state index in [0.717, 1.165) is 25.9 Å². The van der Waals surface area contributed by atoms with Gasteiger partial charge in [0.1, 0.15) is 6.10 Å². The highest BCUT2D eigenvalue weighted by Crippen LogP contribution is 2.08. The molecule has 0 rings (SSSR count). The first-order valence-corrected chi connectivity index (χ1v) is 11.2. The summed E-state index contributed by atoms with van der Waals surface area (Å²) in [5.74, 6) is -1.12. The van der Waals surface area contributed by atoms with Crippen molar-refractivity contribution in [2.75, 3.05) is 26.4 Å². The quantitative estimate of drug-likeness (QED) is 0.212. The molecule has 0 saturated carbocycles. The van der Waals surface area contributed by atoms with E-state index >= 15 is 0 Å². The van der Waals surface area contributed by atoms with Gasteiger partial charge in [-0.1, -0.05) is 52.4 Å². The minimum Gasteiger partial charge on any atom is -0.481 e. The van der Waals surface area contributed by atoms with Crippen LogP contribution in [0.2, 0.25) is 0 Å². The van der Waals surface area contributed by atoms with E-state index in [4.69, 9.17) is 19.3 Å². The van der Waals surface area contributed by atoms with Gasteiger partial charge in [0.05, 0.1) is 13.2 Å². The van der Waals surface area contributed by atoms with Crippen LogP contribution in [0.25, 0.3) is 0 Å². The van der Waals surface area contributed by atoms with Crippen molar-refractivity contribution in [2.45, 2.75) is 103 Å². The number of esters is 1. The second-order valence-electron chi connectivity index (χ2n) is 7.31. The zero-order valence-electron chi connectivity index (χ0n) is 18.1. The van der Waals surface area contributed by atoms with E-state index < -0.39 is 5.97 Å². The van der Waals surface area contributed by atoms with Gasteiger partial charge in [-0.15, -0.1) is 0 Å². The molecule has 0 aliphatic heterocycles. The lowest BCUT2D eigenvalue weighted by Gasteiger charge is -2.18. The van der Waals surface area contributed by atoms with Crippen LogP contribution in [-0.4, -0.2) is 49.6 Å². The molecular weight excluding hydrogens is 360 g/mol. The molecule has 0 bridgehead atoms. The molecule has 0 fully saturated rings. The summed E-state index contributed by atoms with van der Waals surface area (Å²) in [6, 6.07) is 0. The molecule has 6 heteroatoms. The van der Waals surface area contributed by atoms with Gasteiger partial charge in [0.2, 0.25) is 0 Å². The molecule has 0 radical (unpaired) electrons. The first-order valence-electron chi connectivity index (χ1n) is 11.2. The predicted octanol–water partition coefficient (Wildman–Crippen LogP) is 5.13. The third-order valence-electron chi connectivity index (χ3n) is 4.49. The number of rotatable bonds is 21. The zero-order chi connectivity index (χ0) is 20.9. The fraction of sp³-hybridized carbons (Fsp3) is 0.909. The fourth-order valence-electron chi connectivity index (χ4n) is 2.76. The van der Waals surface area contributed by atoms with Crippen molar-refractivity contribution >= 4 is 11.9 Å². The molecule has 0 aromatic rings. The van der Waals surface area contributed by atoms with Crippen molar-refractivity contribution in [1.82, 2.24) is 0 Å². The van der Waals surface area contributed by atoms with Crippen molar-refractivity contribution in [3.05, 3.63) is 0 Å². The normalized spacial score (nSPS) is 12.1. The van der Waals surface area contributed by atoms with Gasteiger partial charge < -0.3 is 19.3 Å². The minimum absolute atomic E-state index is 0.0868. The van der Waals surface area contributed by atoms with Gasteiger partial charge in [-0.3, -0.25) is 9.59 Å². The standard InChI is InChI=1S/C22H42O6/c1-3-5-7-11-16-26-18-15-20(19-27-17-12-8-6-4-2)28-22(25)14-10-9-13-21(23)24/h20H,3-19H2,1-2H3,(H,23,24). The number of carboxylic acid groups (broad SMARTS) is 1. The van der Waals surface area contributed by atoms with Crippen LogP contribution >= 0.6 is 0 Å². The van der Waals surface area contributed by atoms with E-state index in [-0.39, 0.29) is 24.9 Å². The summed E-state index contributed by atoms with van der Waals surface area (Å²) >= 11 is 0. The summed E-state index contributed by atoms with van der Waals surface area (Å²) in [6.45, 7) is 6.74. The maximum absolute atomic E-state index is 12.0. The first-order chi connectivity index (χ1) is 13.6. The summed E-state index contributed by atoms with van der Waals surface area (Å²) < 4.78 is 16.9. The largest absolute Gasteiger partial charge is 0.481 e. The fourth-order valence-corrected chi connectivity index (χ4v) is 2.76. The molecule has 0 aliphatic rings. The number of ether oxygens (including phenoxy) is 3. The van der Waals surface area contributed by atoms with Crippen LogP contribution in [0, 0.1) is 0 Å². The average Bonchev–Trinajstić information content (AvgIpc) is 2.66. The van der Waals surface area contributed by atoms with E-state index in [9.17, 15) is 9.59 Å². The molecular formula is C22H42O6. The summed E-state index contributed by atoms with van der Waals surface area (Å²) in [5.41, 5.74) is 0. The Balaban J connectivity index is 4.05. The van der Waals surface area contributed by atoms with Gasteiger partial charge in [0.15, 0.2) is 0 Å². The topological polar surface area (TPSA) is 82.1 Å². The number of aliphatic carboxylic acids is 1. The van der Waals surface area contributed by atoms with E-state index in [1.54, 1.807) is 0 Å². The molecule has 1 atom stereocenters. The first kappa shape index (κ1) is 26.9. The Hall–Kier alpha value is -1.14. The van der Waals surface area contributed by atoms with Crippen molar-refractivity contribution in [3.8, 4) is 0 Å². The van der Waals surface area contributed by atoms with Crippen LogP contribution in [0.5, 0.6) is 0 Å². The van der Waals surface area contributed by atoms with Crippen LogP contribution < -0.4 is 0 Å². The maximum atomic E-state index is 12.0. The number of hydrogen-bond acceptors (Lipinski definition) is 5. The van der Waals surface area contributed by atoms with Crippen molar-refractivity contribution in [1.29, 1.82) is 0 Å². The Bertz CT molecular complexity index is 372. The van der Waals surface area contributed by atoms with E-state index in [1.165, 1.54) is 32.1 Å². The van der Waals surface area contributed by atoms with Gasteiger partial charge >= 0.3 is 11.9 Å². The molecule has 0 heterocycles. The van der Waals surface area contributed by atoms with Crippen LogP contribution in [-0.2, 0) is 23.8 Å². The van der Waals surface area contributed by atoms with Gasteiger partial charge in [0.25, 0.3) is 0 Å². The molecule has 28 heavy (non-hydrogen) atoms. The lowest BCUT2D eigenvalue weighted by molar-refractivity contribution is -0.153. The van der Waals surface area contributed by atoms with Gasteiger partial charge in [-0.25, -0.2) is 0 Å². The smallest absolute Gasteiger partial charge is 0.306 e. The second kappa shape index (κ2) is 20.6. The third kappa shape index (κ3) is 19.6. The molecule has 1 N–H and O–H groups in total. The third-order valence-corrected chi connectivity index (χ3v) is 4.49. The molecule has 0 saturated heterocycles. The Labute approximate surface area is 171 Å². The average molecular weight is 403 g/mol. The highest BCUT2D eigenvalue weighted by molar-refractivity contribution is 5.70. The highest BCUT2D eigenvalue weighted by Gasteiger charge is 2.15. The summed E-state index contributed by atoms with van der Waals surface area (Å²) in [5, 5.41) is 8.64. The number of carboxylic acids is 1. The van der Waals surface area contributed by atoms with E-state index in [0.29, 0.717) is 39.1 Å². The van der Waals surface area contributed by atoms with Crippen molar-refractivity contribution in [2.24, 2.45) is 0 Å². The lowest BCUT2D eigenvalue weighted by atomic mass is 10.2. The van der Waals surface area contributed by atoms with Crippen LogP contribution in [0.1, 0.15) is 97.3 Å². The SMILES string of the molecule is CCCCCCOCCC(COCCCCCC)OC(=O)CCCCC(=O)O. The highest BCUT2D eigenvalue weighted by atomic mass is 16.6. The maximum Gasteiger partial charge on any atom is 0.306 e. The van der Waals surface area contributed by atoms with Crippen LogP contribution in [0.15, 0.2) is 0 Å². The number of carbonyl (C=O) groups is 2. The number of unbranched alkanes of at least 4 members (excludes halogenated alkanes) is 7. The summed E-state index contributed by atoms with van der Waals surface area (Å²) in [4.78, 5) is 22.5. The number of carbonyl (C=O) groups excluding carboxylic acids is 1. The van der Waals surface area contributed by atoms with Crippen LogP contribution in [0.4, 0.5) is 0 Å². The van der Waals surface area contributed by atoms with Crippen molar-refractivity contribution < 1.29 is 28.9 Å². The Morgan fingerprint density at radius 1 is 0.750 bits per heavy atom. The zero-order valence-corrected chi connectivity index (χ0v) is 18.1. The van der Waals surface area contributed by atoms with E-state index in [2.05, 4.69) is 13.8 Å². The predicted molar refractivity (Wildman–Crippen MR) is 111 cm³/mol. The Morgan fingerprint density at radius 3 is 1.96 bits per heavy atom. The Morgan fingerprint density at radius 2 is 1.36 bits per heavy atom.